The van der Waals surface area contributed by atoms with Crippen LogP contribution in [-0.4, -0.2) is 33.4 Å². The lowest BCUT2D eigenvalue weighted by Crippen LogP contribution is -2.35. The summed E-state index contributed by atoms with van der Waals surface area (Å²) >= 11 is 9.22. The molecule has 6 nitrogen and oxygen atoms in total. The molecule has 3 N–H and O–H groups in total. The molecule has 0 aliphatic carbocycles. The van der Waals surface area contributed by atoms with Gasteiger partial charge in [-0.1, -0.05) is 0 Å². The first-order valence-corrected chi connectivity index (χ1v) is 6.88. The number of hydrogen-bond donors (Lipinski definition) is 3. The molecule has 2 aromatic heterocycles. The van der Waals surface area contributed by atoms with Gasteiger partial charge in [0.15, 0.2) is 5.82 Å². The van der Waals surface area contributed by atoms with Gasteiger partial charge in [0.05, 0.1) is 11.0 Å². The van der Waals surface area contributed by atoms with Crippen LogP contribution in [0.3, 0.4) is 0 Å². The van der Waals surface area contributed by atoms with Crippen LogP contribution >= 0.6 is 27.5 Å². The Morgan fingerprint density at radius 1 is 1.53 bits per heavy atom. The summed E-state index contributed by atoms with van der Waals surface area (Å²) in [5.74, 6) is 0.392. The van der Waals surface area contributed by atoms with E-state index >= 15 is 0 Å². The average molecular weight is 347 g/mol. The molecule has 2 heterocycles. The van der Waals surface area contributed by atoms with Crippen LogP contribution in [-0.2, 0) is 4.79 Å². The van der Waals surface area contributed by atoms with Gasteiger partial charge >= 0.3 is 0 Å². The molecule has 19 heavy (non-hydrogen) atoms. The molecule has 0 fully saturated rings. The second kappa shape index (κ2) is 5.75. The zero-order chi connectivity index (χ0) is 14.0. The molecular weight excluding hydrogens is 334 g/mol. The van der Waals surface area contributed by atoms with Gasteiger partial charge in [-0.25, -0.2) is 4.98 Å². The lowest BCUT2D eigenvalue weighted by atomic mass is 10.4. The number of fused-ring (bicyclic) bond motifs is 1. The number of anilines is 1. The van der Waals surface area contributed by atoms with Crippen molar-refractivity contribution in [1.29, 1.82) is 0 Å². The molecule has 2 aromatic rings. The Morgan fingerprint density at radius 2 is 2.26 bits per heavy atom. The summed E-state index contributed by atoms with van der Waals surface area (Å²) in [6.07, 6.45) is 1.75. The van der Waals surface area contributed by atoms with Crippen LogP contribution in [0.4, 0.5) is 5.82 Å². The van der Waals surface area contributed by atoms with Crippen molar-refractivity contribution in [3.8, 4) is 0 Å². The lowest BCUT2D eigenvalue weighted by molar-refractivity contribution is -0.119. The minimum Gasteiger partial charge on any atom is -0.359 e. The average Bonchev–Trinajstić information content (AvgIpc) is 2.67. The fraction of sp³-hybridized carbons (Fsp3) is 0.364. The second-order valence-electron chi connectivity index (χ2n) is 4.28. The number of amides is 1. The minimum atomic E-state index is -0.108. The molecule has 0 radical (unpaired) electrons. The number of H-pyrrole nitrogens is 1. The van der Waals surface area contributed by atoms with Crippen molar-refractivity contribution in [1.82, 2.24) is 20.3 Å². The topological polar surface area (TPSA) is 82.7 Å². The van der Waals surface area contributed by atoms with Gasteiger partial charge in [0.25, 0.3) is 0 Å². The van der Waals surface area contributed by atoms with Gasteiger partial charge in [-0.3, -0.25) is 4.79 Å². The summed E-state index contributed by atoms with van der Waals surface area (Å²) in [5.41, 5.74) is 1.38. The monoisotopic (exact) mass is 345 g/mol. The van der Waals surface area contributed by atoms with Crippen molar-refractivity contribution in [2.45, 2.75) is 19.9 Å². The lowest BCUT2D eigenvalue weighted by Gasteiger charge is -2.10. The minimum absolute atomic E-state index is 0.0999. The van der Waals surface area contributed by atoms with E-state index in [1.54, 1.807) is 6.20 Å². The number of aromatic amines is 1. The first-order valence-electron chi connectivity index (χ1n) is 5.70. The molecule has 0 saturated heterocycles. The molecule has 2 rings (SSSR count). The standard InChI is InChI=1S/C11H13BrClN5O/c1-5(2)16-7(19)4-15-10-9-8(6(12)3-14-9)17-11(13)18-10/h3,5,14H,4H2,1-2H3,(H,16,19)(H,15,17,18). The van der Waals surface area contributed by atoms with E-state index in [9.17, 15) is 4.79 Å². The Bertz CT molecular complexity index is 612. The molecule has 1 amide bonds. The molecular formula is C11H13BrClN5O. The van der Waals surface area contributed by atoms with E-state index in [0.29, 0.717) is 16.9 Å². The maximum atomic E-state index is 11.6. The number of hydrogen-bond acceptors (Lipinski definition) is 4. The first-order chi connectivity index (χ1) is 8.97. The number of halogens is 2. The largest absolute Gasteiger partial charge is 0.359 e. The smallest absolute Gasteiger partial charge is 0.239 e. The van der Waals surface area contributed by atoms with E-state index in [1.807, 2.05) is 13.8 Å². The van der Waals surface area contributed by atoms with E-state index in [2.05, 4.69) is 41.5 Å². The molecule has 8 heteroatoms. The highest BCUT2D eigenvalue weighted by Crippen LogP contribution is 2.27. The maximum Gasteiger partial charge on any atom is 0.239 e. The van der Waals surface area contributed by atoms with Gasteiger partial charge in [0.1, 0.15) is 11.0 Å². The third kappa shape index (κ3) is 3.36. The highest BCUT2D eigenvalue weighted by Gasteiger charge is 2.12. The third-order valence-corrected chi connectivity index (χ3v) is 3.09. The molecule has 0 unspecified atom stereocenters. The molecule has 0 atom stereocenters. The van der Waals surface area contributed by atoms with Gasteiger partial charge < -0.3 is 15.6 Å². The van der Waals surface area contributed by atoms with Gasteiger partial charge in [0.2, 0.25) is 11.2 Å². The predicted octanol–water partition coefficient (Wildman–Crippen LogP) is 2.31. The molecule has 0 aliphatic rings. The van der Waals surface area contributed by atoms with E-state index < -0.39 is 0 Å². The summed E-state index contributed by atoms with van der Waals surface area (Å²) in [6.45, 7) is 3.93. The van der Waals surface area contributed by atoms with Crippen molar-refractivity contribution < 1.29 is 4.79 Å². The summed E-state index contributed by atoms with van der Waals surface area (Å²) in [4.78, 5) is 22.8. The van der Waals surface area contributed by atoms with E-state index in [4.69, 9.17) is 11.6 Å². The van der Waals surface area contributed by atoms with Crippen molar-refractivity contribution in [2.24, 2.45) is 0 Å². The van der Waals surface area contributed by atoms with Crippen molar-refractivity contribution in [2.75, 3.05) is 11.9 Å². The molecule has 0 aromatic carbocycles. The van der Waals surface area contributed by atoms with Gasteiger partial charge in [0, 0.05) is 12.2 Å². The summed E-state index contributed by atoms with van der Waals surface area (Å²) in [5, 5.41) is 5.86. The molecule has 0 saturated carbocycles. The van der Waals surface area contributed by atoms with Crippen LogP contribution in [0.2, 0.25) is 5.28 Å². The Kier molecular flexibility index (Phi) is 4.26. The fourth-order valence-corrected chi connectivity index (χ4v) is 2.18. The number of carbonyl (C=O) groups is 1. The molecule has 0 spiro atoms. The molecule has 102 valence electrons. The van der Waals surface area contributed by atoms with Crippen molar-refractivity contribution in [3.63, 3.8) is 0 Å². The third-order valence-electron chi connectivity index (χ3n) is 2.32. The number of nitrogens with zero attached hydrogens (tertiary/aromatic N) is 2. The SMILES string of the molecule is CC(C)NC(=O)CNc1nc(Cl)nc2c(Br)c[nH]c12. The van der Waals surface area contributed by atoms with Crippen molar-refractivity contribution in [3.05, 3.63) is 16.0 Å². The van der Waals surface area contributed by atoms with E-state index in [0.717, 1.165) is 4.47 Å². The number of nitrogens with one attached hydrogen (secondary N) is 3. The maximum absolute atomic E-state index is 11.6. The van der Waals surface area contributed by atoms with Gasteiger partial charge in [-0.15, -0.1) is 0 Å². The Labute approximate surface area is 123 Å². The first kappa shape index (κ1) is 14.1. The Hall–Kier alpha value is -1.34. The summed E-state index contributed by atoms with van der Waals surface area (Å²) in [6, 6.07) is 0.0999. The molecule has 0 bridgehead atoms. The highest BCUT2D eigenvalue weighted by molar-refractivity contribution is 9.10. The van der Waals surface area contributed by atoms with Crippen LogP contribution in [0.1, 0.15) is 13.8 Å². The van der Waals surface area contributed by atoms with Crippen LogP contribution in [0, 0.1) is 0 Å². The molecule has 0 aliphatic heterocycles. The second-order valence-corrected chi connectivity index (χ2v) is 5.47. The summed E-state index contributed by atoms with van der Waals surface area (Å²) < 4.78 is 0.793. The number of carbonyl (C=O) groups excluding carboxylic acids is 1. The quantitative estimate of drug-likeness (QED) is 0.742. The van der Waals surface area contributed by atoms with Crippen LogP contribution < -0.4 is 10.6 Å². The summed E-state index contributed by atoms with van der Waals surface area (Å²) in [7, 11) is 0. The van der Waals surface area contributed by atoms with Crippen LogP contribution in [0.25, 0.3) is 11.0 Å². The van der Waals surface area contributed by atoms with E-state index in [-0.39, 0.29) is 23.8 Å². The predicted molar refractivity (Wildman–Crippen MR) is 78.4 cm³/mol. The zero-order valence-corrected chi connectivity index (χ0v) is 12.8. The van der Waals surface area contributed by atoms with Gasteiger partial charge in [-0.05, 0) is 41.4 Å². The van der Waals surface area contributed by atoms with Crippen LogP contribution in [0.5, 0.6) is 0 Å². The van der Waals surface area contributed by atoms with E-state index in [1.165, 1.54) is 0 Å². The number of rotatable bonds is 4. The number of aromatic nitrogens is 3. The van der Waals surface area contributed by atoms with Crippen molar-refractivity contribution >= 4 is 50.3 Å². The zero-order valence-electron chi connectivity index (χ0n) is 10.4. The van der Waals surface area contributed by atoms with Crippen LogP contribution in [0.15, 0.2) is 10.7 Å². The van der Waals surface area contributed by atoms with Gasteiger partial charge in [-0.2, -0.15) is 4.98 Å². The fourth-order valence-electron chi connectivity index (χ4n) is 1.61. The normalized spacial score (nSPS) is 11.0. The highest BCUT2D eigenvalue weighted by atomic mass is 79.9. The Balaban J connectivity index is 2.18. The Morgan fingerprint density at radius 3 is 2.95 bits per heavy atom.